The van der Waals surface area contributed by atoms with Crippen molar-refractivity contribution in [2.75, 3.05) is 5.73 Å². The van der Waals surface area contributed by atoms with E-state index in [4.69, 9.17) is 5.73 Å². The highest BCUT2D eigenvalue weighted by molar-refractivity contribution is 5.99. The first-order valence-corrected chi connectivity index (χ1v) is 12.5. The molecule has 12 nitrogen and oxygen atoms in total. The standard InChI is InChI=1S/C27H23N9O3/c28-27-35-23-21(26(39)36-27)33-22(34-23)20-15(14-6-2-4-8-17(14)30-20)10-19-25(38)31-18(24(37)32-19)9-12-11-29-16-7-3-1-5-13(12)16/h1-8,11,18-19,29-30H,9-10H2,(H,31,38)(H,32,37)(H4,28,33,34,35,36,39)/t18-,19-/m0/s1. The molecule has 2 atom stereocenters. The Kier molecular flexibility index (Phi) is 5.01. The first-order chi connectivity index (χ1) is 18.9. The number of nitrogen functional groups attached to an aromatic ring is 1. The molecule has 39 heavy (non-hydrogen) atoms. The third-order valence-corrected chi connectivity index (χ3v) is 7.20. The molecule has 1 saturated heterocycles. The Labute approximate surface area is 219 Å². The fourth-order valence-electron chi connectivity index (χ4n) is 5.34. The molecule has 0 saturated carbocycles. The van der Waals surface area contributed by atoms with Gasteiger partial charge in [0.05, 0.1) is 5.69 Å². The van der Waals surface area contributed by atoms with Crippen molar-refractivity contribution in [1.29, 1.82) is 0 Å². The maximum absolute atomic E-state index is 13.2. The van der Waals surface area contributed by atoms with Gasteiger partial charge in [0.1, 0.15) is 12.1 Å². The number of nitrogens with one attached hydrogen (secondary N) is 6. The van der Waals surface area contributed by atoms with E-state index in [-0.39, 0.29) is 35.3 Å². The molecule has 1 aliphatic rings. The summed E-state index contributed by atoms with van der Waals surface area (Å²) < 4.78 is 0. The largest absolute Gasteiger partial charge is 0.369 e. The molecule has 5 heterocycles. The normalized spacial score (nSPS) is 17.6. The van der Waals surface area contributed by atoms with Crippen molar-refractivity contribution in [3.63, 3.8) is 0 Å². The molecular weight excluding hydrogens is 498 g/mol. The Balaban J connectivity index is 1.20. The lowest BCUT2D eigenvalue weighted by molar-refractivity contribution is -0.136. The number of hydrogen-bond acceptors (Lipinski definition) is 6. The van der Waals surface area contributed by atoms with Crippen molar-refractivity contribution in [2.24, 2.45) is 0 Å². The van der Waals surface area contributed by atoms with E-state index in [9.17, 15) is 14.4 Å². The second-order valence-corrected chi connectivity index (χ2v) is 9.65. The summed E-state index contributed by atoms with van der Waals surface area (Å²) in [7, 11) is 0. The van der Waals surface area contributed by atoms with Crippen molar-refractivity contribution in [3.05, 3.63) is 76.2 Å². The molecule has 7 rings (SSSR count). The molecule has 8 N–H and O–H groups in total. The number of carbonyl (C=O) groups excluding carboxylic acids is 2. The number of anilines is 1. The minimum Gasteiger partial charge on any atom is -0.369 e. The number of benzene rings is 2. The molecule has 194 valence electrons. The summed E-state index contributed by atoms with van der Waals surface area (Å²) in [5.74, 6) is -0.182. The van der Waals surface area contributed by atoms with Crippen molar-refractivity contribution in [1.82, 2.24) is 40.5 Å². The molecule has 0 bridgehead atoms. The van der Waals surface area contributed by atoms with E-state index >= 15 is 0 Å². The third kappa shape index (κ3) is 3.81. The van der Waals surface area contributed by atoms with Gasteiger partial charge in [-0.1, -0.05) is 36.4 Å². The summed E-state index contributed by atoms with van der Waals surface area (Å²) in [6.45, 7) is 0. The topological polar surface area (TPSA) is 190 Å². The van der Waals surface area contributed by atoms with Crippen LogP contribution in [0.4, 0.5) is 5.95 Å². The van der Waals surface area contributed by atoms with Gasteiger partial charge in [-0.2, -0.15) is 4.98 Å². The maximum Gasteiger partial charge on any atom is 0.278 e. The van der Waals surface area contributed by atoms with Crippen LogP contribution in [0.2, 0.25) is 0 Å². The van der Waals surface area contributed by atoms with Crippen molar-refractivity contribution in [2.45, 2.75) is 24.9 Å². The Morgan fingerprint density at radius 3 is 2.26 bits per heavy atom. The van der Waals surface area contributed by atoms with E-state index in [1.165, 1.54) is 0 Å². The number of carbonyl (C=O) groups is 2. The van der Waals surface area contributed by atoms with Crippen LogP contribution in [-0.2, 0) is 22.4 Å². The van der Waals surface area contributed by atoms with Gasteiger partial charge in [-0.15, -0.1) is 0 Å². The molecule has 0 spiro atoms. The number of aromatic nitrogens is 6. The monoisotopic (exact) mass is 521 g/mol. The van der Waals surface area contributed by atoms with Gasteiger partial charge in [-0.05, 0) is 23.3 Å². The molecule has 0 radical (unpaired) electrons. The molecular formula is C27H23N9O3. The first kappa shape index (κ1) is 22.8. The van der Waals surface area contributed by atoms with Crippen molar-refractivity contribution < 1.29 is 9.59 Å². The molecule has 2 amide bonds. The first-order valence-electron chi connectivity index (χ1n) is 12.5. The number of aromatic amines is 4. The highest BCUT2D eigenvalue weighted by atomic mass is 16.2. The Morgan fingerprint density at radius 1 is 0.769 bits per heavy atom. The third-order valence-electron chi connectivity index (χ3n) is 7.20. The summed E-state index contributed by atoms with van der Waals surface area (Å²) >= 11 is 0. The summed E-state index contributed by atoms with van der Waals surface area (Å²) in [6, 6.07) is 14.0. The average molecular weight is 522 g/mol. The lowest BCUT2D eigenvalue weighted by Crippen LogP contribution is -2.62. The summed E-state index contributed by atoms with van der Waals surface area (Å²) in [6.07, 6.45) is 2.45. The van der Waals surface area contributed by atoms with Gasteiger partial charge in [-0.25, -0.2) is 4.98 Å². The summed E-state index contributed by atoms with van der Waals surface area (Å²) in [4.78, 5) is 59.3. The van der Waals surface area contributed by atoms with Crippen LogP contribution in [0.3, 0.4) is 0 Å². The van der Waals surface area contributed by atoms with Crippen LogP contribution in [0.5, 0.6) is 0 Å². The fourth-order valence-corrected chi connectivity index (χ4v) is 5.34. The number of fused-ring (bicyclic) bond motifs is 3. The number of hydrogen-bond donors (Lipinski definition) is 7. The van der Waals surface area contributed by atoms with E-state index < -0.39 is 17.6 Å². The summed E-state index contributed by atoms with van der Waals surface area (Å²) in [5, 5.41) is 7.71. The number of amides is 2. The molecule has 4 aromatic heterocycles. The molecule has 1 aliphatic heterocycles. The van der Waals surface area contributed by atoms with Crippen LogP contribution in [0, 0.1) is 0 Å². The smallest absolute Gasteiger partial charge is 0.278 e. The van der Waals surface area contributed by atoms with E-state index in [1.54, 1.807) is 0 Å². The minimum absolute atomic E-state index is 0.0359. The molecule has 6 aromatic rings. The molecule has 0 aliphatic carbocycles. The van der Waals surface area contributed by atoms with Crippen molar-refractivity contribution in [3.8, 4) is 11.5 Å². The average Bonchev–Trinajstić information content (AvgIpc) is 3.63. The number of piperazine rings is 1. The second-order valence-electron chi connectivity index (χ2n) is 9.65. The van der Waals surface area contributed by atoms with Gasteiger partial charge >= 0.3 is 0 Å². The van der Waals surface area contributed by atoms with Gasteiger partial charge in [0.2, 0.25) is 17.8 Å². The maximum atomic E-state index is 13.2. The van der Waals surface area contributed by atoms with E-state index in [0.717, 1.165) is 32.9 Å². The zero-order chi connectivity index (χ0) is 26.7. The zero-order valence-electron chi connectivity index (χ0n) is 20.5. The van der Waals surface area contributed by atoms with Gasteiger partial charge in [0, 0.05) is 40.8 Å². The fraction of sp³-hybridized carbons (Fsp3) is 0.148. The highest BCUT2D eigenvalue weighted by Gasteiger charge is 2.35. The Morgan fingerprint density at radius 2 is 1.46 bits per heavy atom. The van der Waals surface area contributed by atoms with E-state index in [1.807, 2.05) is 54.7 Å². The predicted molar refractivity (Wildman–Crippen MR) is 146 cm³/mol. The number of para-hydroxylation sites is 2. The van der Waals surface area contributed by atoms with Crippen LogP contribution in [-0.4, -0.2) is 53.8 Å². The lowest BCUT2D eigenvalue weighted by atomic mass is 9.97. The van der Waals surface area contributed by atoms with Crippen LogP contribution in [0.1, 0.15) is 11.1 Å². The van der Waals surface area contributed by atoms with E-state index in [0.29, 0.717) is 17.9 Å². The Hall–Kier alpha value is -5.39. The SMILES string of the molecule is Nc1nc2nc(-c3[nH]c4ccccc4c3C[C@@H]3NC(=O)[C@H](Cc4c[nH]c5ccccc45)NC3=O)[nH]c2c(=O)[nH]1. The van der Waals surface area contributed by atoms with E-state index in [2.05, 4.69) is 40.5 Å². The number of nitrogens with zero attached hydrogens (tertiary/aromatic N) is 2. The quantitative estimate of drug-likeness (QED) is 0.180. The van der Waals surface area contributed by atoms with Crippen LogP contribution in [0.15, 0.2) is 59.5 Å². The van der Waals surface area contributed by atoms with Gasteiger partial charge < -0.3 is 31.3 Å². The molecule has 12 heteroatoms. The number of rotatable bonds is 5. The molecule has 1 fully saturated rings. The van der Waals surface area contributed by atoms with Gasteiger partial charge in [0.25, 0.3) is 5.56 Å². The minimum atomic E-state index is -0.795. The zero-order valence-corrected chi connectivity index (χ0v) is 20.5. The van der Waals surface area contributed by atoms with Gasteiger partial charge in [0.15, 0.2) is 17.0 Å². The second kappa shape index (κ2) is 8.58. The molecule has 0 unspecified atom stereocenters. The predicted octanol–water partition coefficient (Wildman–Crippen LogP) is 1.63. The van der Waals surface area contributed by atoms with Gasteiger partial charge in [-0.3, -0.25) is 19.4 Å². The molecule has 2 aromatic carbocycles. The van der Waals surface area contributed by atoms with Crippen LogP contribution < -0.4 is 21.9 Å². The lowest BCUT2D eigenvalue weighted by Gasteiger charge is -2.29. The number of H-pyrrole nitrogens is 4. The number of imidazole rings is 1. The van der Waals surface area contributed by atoms with Crippen molar-refractivity contribution >= 4 is 50.7 Å². The highest BCUT2D eigenvalue weighted by Crippen LogP contribution is 2.31. The summed E-state index contributed by atoms with van der Waals surface area (Å²) in [5.41, 5.74) is 9.73. The number of nitrogens with two attached hydrogens (primary N) is 1. The van der Waals surface area contributed by atoms with Crippen LogP contribution in [0.25, 0.3) is 44.5 Å². The van der Waals surface area contributed by atoms with Crippen LogP contribution >= 0.6 is 0 Å². The Bertz CT molecular complexity index is 1980.